The van der Waals surface area contributed by atoms with Crippen molar-refractivity contribution in [3.8, 4) is 33.9 Å². The predicted molar refractivity (Wildman–Crippen MR) is 205 cm³/mol. The third-order valence-corrected chi connectivity index (χ3v) is 10.4. The van der Waals surface area contributed by atoms with Gasteiger partial charge in [0.25, 0.3) is 5.91 Å². The van der Waals surface area contributed by atoms with Crippen molar-refractivity contribution in [1.82, 2.24) is 45.0 Å². The molecule has 0 radical (unpaired) electrons. The monoisotopic (exact) mass is 735 g/mol. The molecule has 6 aromatic rings. The molecule has 3 atom stereocenters. The molecule has 3 aromatic carbocycles. The van der Waals surface area contributed by atoms with Gasteiger partial charge in [-0.15, -0.1) is 0 Å². The summed E-state index contributed by atoms with van der Waals surface area (Å²) >= 11 is 0. The van der Waals surface area contributed by atoms with Crippen LogP contribution in [0.4, 0.5) is 4.79 Å². The summed E-state index contributed by atoms with van der Waals surface area (Å²) in [6.07, 6.45) is 10.1. The number of nitrogens with zero attached hydrogens (tertiary/aromatic N) is 6. The maximum absolute atomic E-state index is 13.9. The minimum Gasteiger partial charge on any atom is -0.453 e. The molecule has 3 aromatic heterocycles. The quantitative estimate of drug-likeness (QED) is 0.142. The Morgan fingerprint density at radius 1 is 0.709 bits per heavy atom. The Balaban J connectivity index is 0.921. The first-order valence-electron chi connectivity index (χ1n) is 18.5. The number of benzene rings is 3. The van der Waals surface area contributed by atoms with Gasteiger partial charge in [0.2, 0.25) is 5.91 Å². The predicted octanol–water partition coefficient (Wildman–Crippen LogP) is 6.59. The highest BCUT2D eigenvalue weighted by Gasteiger charge is 2.37. The summed E-state index contributed by atoms with van der Waals surface area (Å²) in [6, 6.07) is 25.7. The number of likely N-dealkylation sites (tertiary alicyclic amines) is 2. The van der Waals surface area contributed by atoms with Gasteiger partial charge in [0.1, 0.15) is 23.4 Å². The molecule has 0 unspecified atom stereocenters. The van der Waals surface area contributed by atoms with Crippen molar-refractivity contribution in [2.75, 3.05) is 20.2 Å². The smallest absolute Gasteiger partial charge is 0.407 e. The van der Waals surface area contributed by atoms with Crippen molar-refractivity contribution in [1.29, 1.82) is 0 Å². The van der Waals surface area contributed by atoms with Gasteiger partial charge in [-0.05, 0) is 42.4 Å². The van der Waals surface area contributed by atoms with Crippen LogP contribution in [-0.2, 0) is 20.7 Å². The zero-order chi connectivity index (χ0) is 37.7. The first-order chi connectivity index (χ1) is 26.9. The van der Waals surface area contributed by atoms with Crippen LogP contribution in [0.5, 0.6) is 0 Å². The zero-order valence-corrected chi connectivity index (χ0v) is 30.4. The Bertz CT molecular complexity index is 2260. The number of nitrogens with one attached hydrogen (secondary N) is 3. The van der Waals surface area contributed by atoms with Crippen LogP contribution in [0.15, 0.2) is 110 Å². The lowest BCUT2D eigenvalue weighted by molar-refractivity contribution is -0.134. The maximum Gasteiger partial charge on any atom is 0.407 e. The van der Waals surface area contributed by atoms with Crippen LogP contribution >= 0.6 is 0 Å². The third-order valence-electron chi connectivity index (χ3n) is 10.4. The summed E-state index contributed by atoms with van der Waals surface area (Å²) in [5.74, 6) is 1.34. The molecule has 0 saturated carbocycles. The number of aromatic nitrogens is 6. The summed E-state index contributed by atoms with van der Waals surface area (Å²) in [5.41, 5.74) is 6.49. The molecule has 2 aliphatic rings. The standard InChI is InChI=1S/C42H41N9O4/c1-55-42(54)49-38(30-12-6-3-7-13-30)41(53)51-21-9-15-36(51)40-45-24-32(47-40)29-18-16-28(17-19-29)31-23-44-33(25-43-31)34-26-46-39(48-34)35-14-8-20-50(35)37(52)22-27-10-4-2-5-11-27/h2-7,10-13,16-19,23-26,35-36,38H,8-9,14-15,20-22H2,1H3,(H,45,47)(H,46,48)(H,49,54)/t35-,36-,38+/m0/s1. The largest absolute Gasteiger partial charge is 0.453 e. The van der Waals surface area contributed by atoms with E-state index >= 15 is 0 Å². The minimum atomic E-state index is -0.879. The van der Waals surface area contributed by atoms with Crippen LogP contribution < -0.4 is 5.32 Å². The van der Waals surface area contributed by atoms with Crippen LogP contribution in [0.2, 0.25) is 0 Å². The van der Waals surface area contributed by atoms with E-state index in [1.165, 1.54) is 7.11 Å². The van der Waals surface area contributed by atoms with Gasteiger partial charge in [0, 0.05) is 18.7 Å². The number of carbonyl (C=O) groups is 3. The van der Waals surface area contributed by atoms with E-state index in [9.17, 15) is 14.4 Å². The Labute approximate surface area is 318 Å². The van der Waals surface area contributed by atoms with Gasteiger partial charge in [-0.25, -0.2) is 14.8 Å². The van der Waals surface area contributed by atoms with Crippen molar-refractivity contribution < 1.29 is 19.1 Å². The van der Waals surface area contributed by atoms with Crippen molar-refractivity contribution in [3.05, 3.63) is 132 Å². The Hall–Kier alpha value is -6.63. The molecular weight excluding hydrogens is 695 g/mol. The lowest BCUT2D eigenvalue weighted by atomic mass is 10.1. The average Bonchev–Trinajstić information content (AvgIpc) is 4.08. The zero-order valence-electron chi connectivity index (χ0n) is 30.4. The Kier molecular flexibility index (Phi) is 10.1. The van der Waals surface area contributed by atoms with Crippen molar-refractivity contribution >= 4 is 17.9 Å². The molecule has 0 bridgehead atoms. The molecule has 55 heavy (non-hydrogen) atoms. The van der Waals surface area contributed by atoms with Crippen LogP contribution in [-0.4, -0.2) is 77.8 Å². The molecule has 278 valence electrons. The number of amides is 3. The normalized spacial score (nSPS) is 17.3. The highest BCUT2D eigenvalue weighted by Crippen LogP contribution is 2.35. The van der Waals surface area contributed by atoms with E-state index in [0.29, 0.717) is 36.6 Å². The van der Waals surface area contributed by atoms with Gasteiger partial charge < -0.3 is 29.8 Å². The number of imidazole rings is 2. The van der Waals surface area contributed by atoms with Crippen LogP contribution in [0.25, 0.3) is 33.9 Å². The highest BCUT2D eigenvalue weighted by atomic mass is 16.5. The fourth-order valence-electron chi connectivity index (χ4n) is 7.54. The van der Waals surface area contributed by atoms with E-state index in [-0.39, 0.29) is 23.9 Å². The number of carbonyl (C=O) groups excluding carboxylic acids is 3. The lowest BCUT2D eigenvalue weighted by Gasteiger charge is -2.28. The summed E-state index contributed by atoms with van der Waals surface area (Å²) < 4.78 is 4.82. The molecule has 3 amide bonds. The van der Waals surface area contributed by atoms with E-state index in [2.05, 4.69) is 30.2 Å². The summed E-state index contributed by atoms with van der Waals surface area (Å²) in [7, 11) is 1.28. The van der Waals surface area contributed by atoms with Crippen molar-refractivity contribution in [2.24, 2.45) is 0 Å². The van der Waals surface area contributed by atoms with E-state index < -0.39 is 12.1 Å². The molecule has 0 aliphatic carbocycles. The first kappa shape index (κ1) is 35.4. The topological polar surface area (TPSA) is 162 Å². The van der Waals surface area contributed by atoms with Gasteiger partial charge in [0.05, 0.1) is 67.5 Å². The summed E-state index contributed by atoms with van der Waals surface area (Å²) in [5, 5.41) is 2.71. The van der Waals surface area contributed by atoms with E-state index in [4.69, 9.17) is 9.72 Å². The number of H-pyrrole nitrogens is 2. The number of methoxy groups -OCH3 is 1. The Morgan fingerprint density at radius 3 is 1.96 bits per heavy atom. The van der Waals surface area contributed by atoms with E-state index in [0.717, 1.165) is 65.3 Å². The van der Waals surface area contributed by atoms with E-state index in [1.807, 2.05) is 89.8 Å². The van der Waals surface area contributed by atoms with E-state index in [1.54, 1.807) is 29.7 Å². The minimum absolute atomic E-state index is 0.0939. The van der Waals surface area contributed by atoms with Crippen LogP contribution in [0.1, 0.15) is 66.6 Å². The second kappa shape index (κ2) is 15.8. The van der Waals surface area contributed by atoms with Crippen molar-refractivity contribution in [2.45, 2.75) is 50.2 Å². The molecule has 13 nitrogen and oxygen atoms in total. The van der Waals surface area contributed by atoms with Gasteiger partial charge >= 0.3 is 6.09 Å². The van der Waals surface area contributed by atoms with Crippen molar-refractivity contribution in [3.63, 3.8) is 0 Å². The summed E-state index contributed by atoms with van der Waals surface area (Å²) in [6.45, 7) is 1.27. The first-order valence-corrected chi connectivity index (χ1v) is 18.5. The van der Waals surface area contributed by atoms with Crippen LogP contribution in [0.3, 0.4) is 0 Å². The molecule has 3 N–H and O–H groups in total. The molecule has 2 aliphatic heterocycles. The number of rotatable bonds is 10. The molecule has 13 heteroatoms. The average molecular weight is 736 g/mol. The van der Waals surface area contributed by atoms with Gasteiger partial charge in [-0.3, -0.25) is 19.6 Å². The molecule has 5 heterocycles. The number of ether oxygens (including phenoxy) is 1. The summed E-state index contributed by atoms with van der Waals surface area (Å²) in [4.78, 5) is 68.5. The van der Waals surface area contributed by atoms with Gasteiger partial charge in [-0.1, -0.05) is 84.9 Å². The number of hydrogen-bond donors (Lipinski definition) is 3. The fraction of sp³-hybridized carbons (Fsp3) is 0.262. The number of hydrogen-bond acceptors (Lipinski definition) is 8. The Morgan fingerprint density at radius 2 is 1.29 bits per heavy atom. The lowest BCUT2D eigenvalue weighted by Crippen LogP contribution is -2.42. The second-order valence-electron chi connectivity index (χ2n) is 13.8. The molecular formula is C42H41N9O4. The molecule has 8 rings (SSSR count). The SMILES string of the molecule is COC(=O)N[C@@H](C(=O)N1CCC[C@H]1c1ncc(-c2ccc(-c3cnc(-c4cnc([C@@H]5CCCN5C(=O)Cc5ccccc5)[nH]4)cn3)cc2)[nH]1)c1ccccc1. The highest BCUT2D eigenvalue weighted by molar-refractivity contribution is 5.87. The fourth-order valence-corrected chi connectivity index (χ4v) is 7.54. The number of aromatic amines is 2. The molecule has 0 spiro atoms. The molecule has 2 fully saturated rings. The third kappa shape index (κ3) is 7.59. The second-order valence-corrected chi connectivity index (χ2v) is 13.8. The number of alkyl carbamates (subject to hydrolysis) is 1. The van der Waals surface area contributed by atoms with Gasteiger partial charge in [0.15, 0.2) is 0 Å². The van der Waals surface area contributed by atoms with Crippen LogP contribution in [0, 0.1) is 0 Å². The maximum atomic E-state index is 13.9. The van der Waals surface area contributed by atoms with Gasteiger partial charge in [-0.2, -0.15) is 0 Å². The molecule has 2 saturated heterocycles.